The maximum atomic E-state index is 12.8. The lowest BCUT2D eigenvalue weighted by molar-refractivity contribution is -0.128. The molecule has 2 atom stereocenters. The third-order valence-corrected chi connectivity index (χ3v) is 5.65. The molecule has 1 aliphatic carbocycles. The molecule has 0 spiro atoms. The lowest BCUT2D eigenvalue weighted by atomic mass is 9.89. The molecule has 0 unspecified atom stereocenters. The second kappa shape index (κ2) is 8.60. The Labute approximate surface area is 163 Å². The quantitative estimate of drug-likeness (QED) is 0.762. The van der Waals surface area contributed by atoms with Crippen molar-refractivity contribution in [1.82, 2.24) is 5.32 Å². The van der Waals surface area contributed by atoms with Crippen LogP contribution in [0.4, 0.5) is 0 Å². The number of fused-ring (bicyclic) bond motifs is 1. The van der Waals surface area contributed by atoms with Crippen LogP contribution >= 0.6 is 0 Å². The molecule has 2 aromatic rings. The van der Waals surface area contributed by atoms with E-state index in [1.807, 2.05) is 32.0 Å². The van der Waals surface area contributed by atoms with Crippen molar-refractivity contribution in [3.8, 4) is 5.75 Å². The summed E-state index contributed by atoms with van der Waals surface area (Å²) in [6.45, 7) is 8.16. The van der Waals surface area contributed by atoms with Crippen molar-refractivity contribution in [1.29, 1.82) is 0 Å². The van der Waals surface area contributed by atoms with E-state index >= 15 is 0 Å². The fourth-order valence-corrected chi connectivity index (χ4v) is 3.69. The topological polar surface area (TPSA) is 38.3 Å². The van der Waals surface area contributed by atoms with E-state index in [1.54, 1.807) is 0 Å². The van der Waals surface area contributed by atoms with Gasteiger partial charge < -0.3 is 10.1 Å². The molecule has 0 saturated carbocycles. The van der Waals surface area contributed by atoms with Crippen LogP contribution in [0.25, 0.3) is 0 Å². The molecule has 1 aliphatic rings. The van der Waals surface area contributed by atoms with Crippen molar-refractivity contribution in [3.05, 3.63) is 64.2 Å². The minimum Gasteiger partial charge on any atom is -0.481 e. The van der Waals surface area contributed by atoms with E-state index in [4.69, 9.17) is 4.74 Å². The lowest BCUT2D eigenvalue weighted by Gasteiger charge is -2.23. The summed E-state index contributed by atoms with van der Waals surface area (Å²) in [4.78, 5) is 12.8. The predicted molar refractivity (Wildman–Crippen MR) is 110 cm³/mol. The number of carbonyl (C=O) groups excluding carboxylic acids is 1. The molecule has 144 valence electrons. The van der Waals surface area contributed by atoms with Gasteiger partial charge in [0.1, 0.15) is 5.75 Å². The monoisotopic (exact) mass is 365 g/mol. The van der Waals surface area contributed by atoms with Crippen LogP contribution in [0.5, 0.6) is 5.75 Å². The molecular weight excluding hydrogens is 334 g/mol. The van der Waals surface area contributed by atoms with Crippen molar-refractivity contribution in [3.63, 3.8) is 0 Å². The van der Waals surface area contributed by atoms with E-state index in [0.29, 0.717) is 6.42 Å². The first-order chi connectivity index (χ1) is 13.0. The largest absolute Gasteiger partial charge is 0.481 e. The highest BCUT2D eigenvalue weighted by atomic mass is 16.5. The van der Waals surface area contributed by atoms with Gasteiger partial charge in [0.2, 0.25) is 0 Å². The number of hydrogen-bond acceptors (Lipinski definition) is 2. The number of aryl methyl sites for hydroxylation is 4. The highest BCUT2D eigenvalue weighted by molar-refractivity contribution is 5.81. The smallest absolute Gasteiger partial charge is 0.261 e. The van der Waals surface area contributed by atoms with Gasteiger partial charge in [-0.15, -0.1) is 0 Å². The molecular formula is C24H31NO2. The first kappa shape index (κ1) is 19.5. The second-order valence-electron chi connectivity index (χ2n) is 7.73. The van der Waals surface area contributed by atoms with Gasteiger partial charge in [0.25, 0.3) is 5.91 Å². The van der Waals surface area contributed by atoms with Crippen LogP contribution in [0.3, 0.4) is 0 Å². The molecule has 0 aliphatic heterocycles. The lowest BCUT2D eigenvalue weighted by Crippen LogP contribution is -2.39. The summed E-state index contributed by atoms with van der Waals surface area (Å²) in [5.74, 6) is 0.697. The van der Waals surface area contributed by atoms with Gasteiger partial charge in [-0.05, 0) is 92.8 Å². The van der Waals surface area contributed by atoms with Crippen LogP contribution in [0.2, 0.25) is 0 Å². The van der Waals surface area contributed by atoms with Gasteiger partial charge in [0.05, 0.1) is 6.04 Å². The summed E-state index contributed by atoms with van der Waals surface area (Å²) < 4.78 is 5.98. The highest BCUT2D eigenvalue weighted by Crippen LogP contribution is 2.25. The van der Waals surface area contributed by atoms with E-state index < -0.39 is 6.10 Å². The number of hydrogen-bond donors (Lipinski definition) is 1. The molecule has 3 heteroatoms. The fourth-order valence-electron chi connectivity index (χ4n) is 3.69. The molecule has 3 nitrogen and oxygen atoms in total. The summed E-state index contributed by atoms with van der Waals surface area (Å²) in [5, 5.41) is 3.14. The number of carbonyl (C=O) groups is 1. The number of ether oxygens (including phenoxy) is 1. The molecule has 1 amide bonds. The Kier molecular flexibility index (Phi) is 6.20. The van der Waals surface area contributed by atoms with Crippen molar-refractivity contribution in [2.45, 2.75) is 71.9 Å². The van der Waals surface area contributed by atoms with Crippen molar-refractivity contribution in [2.75, 3.05) is 0 Å². The number of amides is 1. The Bertz CT molecular complexity index is 812. The van der Waals surface area contributed by atoms with Crippen molar-refractivity contribution in [2.24, 2.45) is 0 Å². The van der Waals surface area contributed by atoms with Gasteiger partial charge in [-0.25, -0.2) is 0 Å². The third-order valence-electron chi connectivity index (χ3n) is 5.65. The molecule has 27 heavy (non-hydrogen) atoms. The molecule has 2 aromatic carbocycles. The fraction of sp³-hybridized carbons (Fsp3) is 0.458. The summed E-state index contributed by atoms with van der Waals surface area (Å²) >= 11 is 0. The number of rotatable bonds is 6. The van der Waals surface area contributed by atoms with Crippen LogP contribution < -0.4 is 10.1 Å². The Morgan fingerprint density at radius 3 is 2.48 bits per heavy atom. The van der Waals surface area contributed by atoms with Crippen molar-refractivity contribution >= 4 is 5.91 Å². The maximum absolute atomic E-state index is 12.8. The summed E-state index contributed by atoms with van der Waals surface area (Å²) in [6, 6.07) is 12.6. The third kappa shape index (κ3) is 4.71. The molecule has 0 aromatic heterocycles. The zero-order valence-electron chi connectivity index (χ0n) is 17.0. The predicted octanol–water partition coefficient (Wildman–Crippen LogP) is 5.22. The SMILES string of the molecule is CC[C@@H](Oc1ccc(C)c(C)c1)C(=O)N[C@H](C)c1ccc2c(c1)CCCC2. The average molecular weight is 366 g/mol. The zero-order chi connectivity index (χ0) is 19.4. The molecule has 0 fully saturated rings. The van der Waals surface area contributed by atoms with E-state index in [2.05, 4.69) is 37.4 Å². The van der Waals surface area contributed by atoms with Gasteiger partial charge in [-0.2, -0.15) is 0 Å². The summed E-state index contributed by atoms with van der Waals surface area (Å²) in [7, 11) is 0. The van der Waals surface area contributed by atoms with Gasteiger partial charge >= 0.3 is 0 Å². The average Bonchev–Trinajstić information content (AvgIpc) is 2.68. The van der Waals surface area contributed by atoms with Crippen LogP contribution in [-0.2, 0) is 17.6 Å². The molecule has 0 heterocycles. The van der Waals surface area contributed by atoms with Gasteiger partial charge in [0, 0.05) is 0 Å². The summed E-state index contributed by atoms with van der Waals surface area (Å²) in [6.07, 6.45) is 5.03. The molecule has 3 rings (SSSR count). The normalized spacial score (nSPS) is 15.6. The Morgan fingerprint density at radius 1 is 1.04 bits per heavy atom. The Morgan fingerprint density at radius 2 is 1.78 bits per heavy atom. The summed E-state index contributed by atoms with van der Waals surface area (Å²) in [5.41, 5.74) is 6.47. The van der Waals surface area contributed by atoms with Gasteiger partial charge in [-0.1, -0.05) is 31.2 Å². The van der Waals surface area contributed by atoms with Gasteiger partial charge in [-0.3, -0.25) is 4.79 Å². The number of benzene rings is 2. The molecule has 0 saturated heterocycles. The Hall–Kier alpha value is -2.29. The minimum absolute atomic E-state index is 0.0258. The first-order valence-corrected chi connectivity index (χ1v) is 10.1. The van der Waals surface area contributed by atoms with E-state index in [1.165, 1.54) is 47.1 Å². The van der Waals surface area contributed by atoms with Crippen molar-refractivity contribution < 1.29 is 9.53 Å². The Balaban J connectivity index is 1.66. The standard InChI is InChI=1S/C24H31NO2/c1-5-23(27-22-13-10-16(2)17(3)14-22)24(26)25-18(4)20-12-11-19-8-6-7-9-21(19)15-20/h10-15,18,23H,5-9H2,1-4H3,(H,25,26)/t18-,23-/m1/s1. The minimum atomic E-state index is -0.479. The highest BCUT2D eigenvalue weighted by Gasteiger charge is 2.21. The molecule has 1 N–H and O–H groups in total. The van der Waals surface area contributed by atoms with Crippen LogP contribution in [0, 0.1) is 13.8 Å². The zero-order valence-corrected chi connectivity index (χ0v) is 17.0. The molecule has 0 radical (unpaired) electrons. The number of nitrogens with one attached hydrogen (secondary N) is 1. The second-order valence-corrected chi connectivity index (χ2v) is 7.73. The van der Waals surface area contributed by atoms with Gasteiger partial charge in [0.15, 0.2) is 6.10 Å². The van der Waals surface area contributed by atoms with Crippen LogP contribution in [0.1, 0.15) is 67.0 Å². The molecule has 0 bridgehead atoms. The first-order valence-electron chi connectivity index (χ1n) is 10.1. The maximum Gasteiger partial charge on any atom is 0.261 e. The van der Waals surface area contributed by atoms with E-state index in [0.717, 1.165) is 12.2 Å². The van der Waals surface area contributed by atoms with Crippen LogP contribution in [-0.4, -0.2) is 12.0 Å². The van der Waals surface area contributed by atoms with E-state index in [9.17, 15) is 4.79 Å². The van der Waals surface area contributed by atoms with Crippen LogP contribution in [0.15, 0.2) is 36.4 Å². The van der Waals surface area contributed by atoms with E-state index in [-0.39, 0.29) is 11.9 Å².